The van der Waals surface area contributed by atoms with Crippen molar-refractivity contribution < 1.29 is 29.1 Å². The highest BCUT2D eigenvalue weighted by molar-refractivity contribution is 6.04. The van der Waals surface area contributed by atoms with Crippen LogP contribution in [0.25, 0.3) is 0 Å². The highest BCUT2D eigenvalue weighted by Crippen LogP contribution is 2.40. The second-order valence-electron chi connectivity index (χ2n) is 6.28. The van der Waals surface area contributed by atoms with Crippen molar-refractivity contribution >= 4 is 23.5 Å². The van der Waals surface area contributed by atoms with Gasteiger partial charge >= 0.3 is 11.9 Å². The molecule has 10 heteroatoms. The van der Waals surface area contributed by atoms with E-state index in [2.05, 4.69) is 4.99 Å². The molecule has 1 aromatic rings. The van der Waals surface area contributed by atoms with Crippen LogP contribution in [-0.2, 0) is 19.1 Å². The van der Waals surface area contributed by atoms with Crippen LogP contribution in [0.5, 0.6) is 0 Å². The van der Waals surface area contributed by atoms with E-state index in [0.717, 1.165) is 0 Å². The van der Waals surface area contributed by atoms with Gasteiger partial charge in [0.25, 0.3) is 5.69 Å². The molecule has 2 atom stereocenters. The molecule has 0 aromatic heterocycles. The highest BCUT2D eigenvalue weighted by atomic mass is 16.6. The zero-order chi connectivity index (χ0) is 21.0. The predicted molar refractivity (Wildman–Crippen MR) is 98.5 cm³/mol. The molecule has 1 aliphatic rings. The summed E-state index contributed by atoms with van der Waals surface area (Å²) >= 11 is 0. The van der Waals surface area contributed by atoms with E-state index in [-0.39, 0.29) is 35.1 Å². The molecule has 0 saturated heterocycles. The summed E-state index contributed by atoms with van der Waals surface area (Å²) in [7, 11) is 0. The van der Waals surface area contributed by atoms with Crippen LogP contribution in [0.3, 0.4) is 0 Å². The number of esters is 1. The summed E-state index contributed by atoms with van der Waals surface area (Å²) in [4.78, 5) is 39.2. The van der Waals surface area contributed by atoms with Gasteiger partial charge in [-0.1, -0.05) is 12.1 Å². The van der Waals surface area contributed by atoms with Crippen LogP contribution < -0.4 is 5.73 Å². The van der Waals surface area contributed by atoms with Gasteiger partial charge in [0, 0.05) is 18.1 Å². The van der Waals surface area contributed by atoms with Gasteiger partial charge < -0.3 is 20.3 Å². The first-order valence-electron chi connectivity index (χ1n) is 8.56. The largest absolute Gasteiger partial charge is 0.481 e. The second-order valence-corrected chi connectivity index (χ2v) is 6.28. The van der Waals surface area contributed by atoms with Crippen molar-refractivity contribution in [1.82, 2.24) is 0 Å². The number of nitro groups is 1. The molecule has 0 radical (unpaired) electrons. The van der Waals surface area contributed by atoms with E-state index in [1.165, 1.54) is 24.3 Å². The lowest BCUT2D eigenvalue weighted by Gasteiger charge is -2.30. The summed E-state index contributed by atoms with van der Waals surface area (Å²) in [5, 5.41) is 21.0. The zero-order valence-electron chi connectivity index (χ0n) is 15.6. The third-order valence-electron chi connectivity index (χ3n) is 3.98. The molecule has 1 aromatic carbocycles. The fourth-order valence-electron chi connectivity index (χ4n) is 2.94. The Hall–Kier alpha value is -3.43. The molecule has 10 nitrogen and oxygen atoms in total. The SMILES string of the molecule is CCOC1=NC(N)=C(C(=O)OC(C)C)C(c2cccc([N+](=O)[O-])c2)C1C(=O)O. The third kappa shape index (κ3) is 4.27. The van der Waals surface area contributed by atoms with Gasteiger partial charge in [-0.05, 0) is 26.3 Å². The molecular formula is C18H21N3O7. The molecule has 1 heterocycles. The number of aliphatic imine (C=N–C) groups is 1. The Bertz CT molecular complexity index is 860. The number of non-ortho nitro benzene ring substituents is 1. The van der Waals surface area contributed by atoms with E-state index in [9.17, 15) is 24.8 Å². The van der Waals surface area contributed by atoms with Gasteiger partial charge in [0.2, 0.25) is 5.90 Å². The van der Waals surface area contributed by atoms with E-state index in [1.807, 2.05) is 0 Å². The van der Waals surface area contributed by atoms with Crippen LogP contribution in [0.4, 0.5) is 5.69 Å². The van der Waals surface area contributed by atoms with Crippen molar-refractivity contribution in [3.8, 4) is 0 Å². The zero-order valence-corrected chi connectivity index (χ0v) is 15.6. The van der Waals surface area contributed by atoms with E-state index >= 15 is 0 Å². The summed E-state index contributed by atoms with van der Waals surface area (Å²) in [5.41, 5.74) is 5.74. The quantitative estimate of drug-likeness (QED) is 0.423. The van der Waals surface area contributed by atoms with Gasteiger partial charge in [0.05, 0.1) is 23.2 Å². The van der Waals surface area contributed by atoms with Crippen molar-refractivity contribution in [2.24, 2.45) is 16.6 Å². The first-order valence-corrected chi connectivity index (χ1v) is 8.56. The lowest BCUT2D eigenvalue weighted by molar-refractivity contribution is -0.384. The minimum atomic E-state index is -1.40. The molecule has 0 saturated carbocycles. The average Bonchev–Trinajstić information content (AvgIpc) is 2.60. The van der Waals surface area contributed by atoms with E-state index in [4.69, 9.17) is 15.2 Å². The normalized spacial score (nSPS) is 19.2. The number of carbonyl (C=O) groups excluding carboxylic acids is 1. The fraction of sp³-hybridized carbons (Fsp3) is 0.389. The number of aliphatic carboxylic acids is 1. The van der Waals surface area contributed by atoms with Crippen molar-refractivity contribution in [2.45, 2.75) is 32.8 Å². The summed E-state index contributed by atoms with van der Waals surface area (Å²) in [6.45, 7) is 5.03. The van der Waals surface area contributed by atoms with Crippen molar-refractivity contribution in [1.29, 1.82) is 0 Å². The molecule has 0 spiro atoms. The molecule has 0 amide bonds. The number of nitrogens with two attached hydrogens (primary N) is 1. The number of rotatable bonds is 6. The summed E-state index contributed by atoms with van der Waals surface area (Å²) in [6, 6.07) is 5.35. The molecule has 1 aliphatic heterocycles. The minimum Gasteiger partial charge on any atom is -0.481 e. The Morgan fingerprint density at radius 1 is 1.39 bits per heavy atom. The molecule has 28 heavy (non-hydrogen) atoms. The maximum atomic E-state index is 12.7. The Balaban J connectivity index is 2.70. The maximum absolute atomic E-state index is 12.7. The molecule has 150 valence electrons. The van der Waals surface area contributed by atoms with E-state index in [0.29, 0.717) is 0 Å². The number of hydrogen-bond donors (Lipinski definition) is 2. The molecular weight excluding hydrogens is 370 g/mol. The van der Waals surface area contributed by atoms with Crippen LogP contribution in [0.2, 0.25) is 0 Å². The number of carbonyl (C=O) groups is 2. The molecule has 0 fully saturated rings. The number of nitro benzene ring substituents is 1. The first-order chi connectivity index (χ1) is 13.2. The summed E-state index contributed by atoms with van der Waals surface area (Å²) < 4.78 is 10.5. The van der Waals surface area contributed by atoms with E-state index < -0.39 is 34.8 Å². The number of carboxylic acid groups (broad SMARTS) is 1. The molecule has 0 aliphatic carbocycles. The van der Waals surface area contributed by atoms with Gasteiger partial charge in [-0.3, -0.25) is 14.9 Å². The van der Waals surface area contributed by atoms with Gasteiger partial charge in [0.1, 0.15) is 11.7 Å². The number of benzene rings is 1. The lowest BCUT2D eigenvalue weighted by atomic mass is 9.78. The number of hydrogen-bond acceptors (Lipinski definition) is 8. The van der Waals surface area contributed by atoms with Gasteiger partial charge in [-0.25, -0.2) is 4.79 Å². The number of carboxylic acids is 1. The number of ether oxygens (including phenoxy) is 2. The first kappa shape index (κ1) is 20.9. The smallest absolute Gasteiger partial charge is 0.338 e. The van der Waals surface area contributed by atoms with Crippen LogP contribution in [0, 0.1) is 16.0 Å². The van der Waals surface area contributed by atoms with Gasteiger partial charge in [-0.2, -0.15) is 4.99 Å². The summed E-state index contributed by atoms with van der Waals surface area (Å²) in [6.07, 6.45) is -0.487. The topological polar surface area (TPSA) is 154 Å². The predicted octanol–water partition coefficient (Wildman–Crippen LogP) is 1.95. The second kappa shape index (κ2) is 8.51. The molecule has 2 rings (SSSR count). The molecule has 0 bridgehead atoms. The van der Waals surface area contributed by atoms with Crippen LogP contribution in [-0.4, -0.2) is 40.6 Å². The third-order valence-corrected chi connectivity index (χ3v) is 3.98. The van der Waals surface area contributed by atoms with E-state index in [1.54, 1.807) is 20.8 Å². The van der Waals surface area contributed by atoms with Crippen LogP contribution >= 0.6 is 0 Å². The van der Waals surface area contributed by atoms with Gasteiger partial charge in [-0.15, -0.1) is 0 Å². The van der Waals surface area contributed by atoms with Crippen LogP contribution in [0.15, 0.2) is 40.7 Å². The Kier molecular flexibility index (Phi) is 6.34. The van der Waals surface area contributed by atoms with Crippen LogP contribution in [0.1, 0.15) is 32.3 Å². The molecule has 3 N–H and O–H groups in total. The Morgan fingerprint density at radius 3 is 2.61 bits per heavy atom. The standard InChI is InChI=1S/C18H21N3O7/c1-4-27-16-14(17(22)23)12(10-6-5-7-11(8-10)21(25)26)13(15(19)20-16)18(24)28-9(2)3/h5-9,12,14H,4,19H2,1-3H3,(H,22,23). The maximum Gasteiger partial charge on any atom is 0.338 e. The van der Waals surface area contributed by atoms with Crippen molar-refractivity contribution in [2.75, 3.05) is 6.61 Å². The lowest BCUT2D eigenvalue weighted by Crippen LogP contribution is -2.39. The van der Waals surface area contributed by atoms with Crippen molar-refractivity contribution in [3.05, 3.63) is 51.3 Å². The Labute approximate surface area is 160 Å². The summed E-state index contributed by atoms with van der Waals surface area (Å²) in [5.74, 6) is -5.14. The van der Waals surface area contributed by atoms with Gasteiger partial charge in [0.15, 0.2) is 0 Å². The Morgan fingerprint density at radius 2 is 2.07 bits per heavy atom. The molecule has 2 unspecified atom stereocenters. The average molecular weight is 391 g/mol. The van der Waals surface area contributed by atoms with Crippen molar-refractivity contribution in [3.63, 3.8) is 0 Å². The fourth-order valence-corrected chi connectivity index (χ4v) is 2.94. The minimum absolute atomic E-state index is 0.128. The monoisotopic (exact) mass is 391 g/mol. The number of nitrogens with zero attached hydrogens (tertiary/aromatic N) is 2. The highest BCUT2D eigenvalue weighted by Gasteiger charge is 2.45.